The van der Waals surface area contributed by atoms with Gasteiger partial charge in [0, 0.05) is 25.6 Å². The van der Waals surface area contributed by atoms with Crippen molar-refractivity contribution in [3.8, 4) is 0 Å². The summed E-state index contributed by atoms with van der Waals surface area (Å²) in [5.74, 6) is -1.84. The Morgan fingerprint density at radius 2 is 2.14 bits per heavy atom. The Kier molecular flexibility index (Phi) is 6.77. The lowest BCUT2D eigenvalue weighted by atomic mass is 9.78. The molecule has 1 aliphatic rings. The Morgan fingerprint density at radius 3 is 2.64 bits per heavy atom. The van der Waals surface area contributed by atoms with E-state index in [1.165, 1.54) is 0 Å². The van der Waals surface area contributed by atoms with Gasteiger partial charge in [0.2, 0.25) is 0 Å². The highest BCUT2D eigenvalue weighted by Gasteiger charge is 2.52. The maximum Gasteiger partial charge on any atom is 0.451 e. The first-order valence-electron chi connectivity index (χ1n) is 7.26. The predicted molar refractivity (Wildman–Crippen MR) is 81.1 cm³/mol. The van der Waals surface area contributed by atoms with Crippen LogP contribution in [0.2, 0.25) is 6.32 Å². The quantitative estimate of drug-likeness (QED) is 0.311. The van der Waals surface area contributed by atoms with Crippen molar-refractivity contribution in [1.82, 2.24) is 9.03 Å². The fraction of sp³-hybridized carbons (Fsp3) is 0.909. The average Bonchev–Trinajstić information content (AvgIpc) is 2.76. The molecule has 2 atom stereocenters. The summed E-state index contributed by atoms with van der Waals surface area (Å²) >= 11 is 0. The molecule has 0 spiro atoms. The average molecular weight is 337 g/mol. The van der Waals surface area contributed by atoms with Gasteiger partial charge in [-0.1, -0.05) is 13.3 Å². The summed E-state index contributed by atoms with van der Waals surface area (Å²) in [5.41, 5.74) is 4.26. The molecule has 1 fully saturated rings. The van der Waals surface area contributed by atoms with E-state index < -0.39 is 34.8 Å². The van der Waals surface area contributed by atoms with Crippen molar-refractivity contribution in [2.24, 2.45) is 11.7 Å². The minimum absolute atomic E-state index is 0.00334. The lowest BCUT2D eigenvalue weighted by Gasteiger charge is -2.25. The zero-order valence-electron chi connectivity index (χ0n) is 12.6. The van der Waals surface area contributed by atoms with E-state index in [9.17, 15) is 18.3 Å². The van der Waals surface area contributed by atoms with Crippen molar-refractivity contribution in [2.75, 3.05) is 19.6 Å². The molecule has 0 aromatic carbocycles. The van der Waals surface area contributed by atoms with Gasteiger partial charge >= 0.3 is 13.1 Å². The summed E-state index contributed by atoms with van der Waals surface area (Å²) in [7, 11) is -5.23. The molecule has 0 aromatic heterocycles. The van der Waals surface area contributed by atoms with E-state index in [-0.39, 0.29) is 26.0 Å². The summed E-state index contributed by atoms with van der Waals surface area (Å²) in [5, 5.41) is 27.0. The summed E-state index contributed by atoms with van der Waals surface area (Å²) in [4.78, 5) is 11.5. The molecule has 0 bridgehead atoms. The van der Waals surface area contributed by atoms with E-state index in [0.29, 0.717) is 19.3 Å². The van der Waals surface area contributed by atoms with Crippen molar-refractivity contribution in [3.05, 3.63) is 0 Å². The summed E-state index contributed by atoms with van der Waals surface area (Å²) < 4.78 is 27.7. The molecular weight excluding hydrogens is 313 g/mol. The Balaban J connectivity index is 2.81. The van der Waals surface area contributed by atoms with E-state index >= 15 is 0 Å². The number of carboxylic acids is 1. The summed E-state index contributed by atoms with van der Waals surface area (Å²) in [6.45, 7) is 1.79. The molecule has 1 rings (SSSR count). The topological polar surface area (TPSA) is 153 Å². The van der Waals surface area contributed by atoms with E-state index in [1.54, 1.807) is 0 Å². The van der Waals surface area contributed by atoms with Gasteiger partial charge in [-0.25, -0.2) is 4.72 Å². The van der Waals surface area contributed by atoms with Crippen LogP contribution in [0.3, 0.4) is 0 Å². The van der Waals surface area contributed by atoms with E-state index in [1.807, 2.05) is 6.92 Å². The first kappa shape index (κ1) is 19.3. The van der Waals surface area contributed by atoms with Gasteiger partial charge in [0.1, 0.15) is 5.54 Å². The number of nitrogens with one attached hydrogen (secondary N) is 1. The summed E-state index contributed by atoms with van der Waals surface area (Å²) in [6, 6.07) is 0. The van der Waals surface area contributed by atoms with Gasteiger partial charge < -0.3 is 20.9 Å². The minimum atomic E-state index is -3.76. The second-order valence-electron chi connectivity index (χ2n) is 5.65. The third-order valence-corrected chi connectivity index (χ3v) is 5.40. The molecule has 0 saturated carbocycles. The highest BCUT2D eigenvalue weighted by molar-refractivity contribution is 7.87. The molecule has 6 N–H and O–H groups in total. The van der Waals surface area contributed by atoms with E-state index in [0.717, 1.165) is 4.31 Å². The van der Waals surface area contributed by atoms with Gasteiger partial charge in [-0.3, -0.25) is 4.79 Å². The van der Waals surface area contributed by atoms with Gasteiger partial charge in [-0.2, -0.15) is 12.7 Å². The predicted octanol–water partition coefficient (Wildman–Crippen LogP) is -1.80. The molecule has 22 heavy (non-hydrogen) atoms. The largest absolute Gasteiger partial charge is 0.480 e. The zero-order chi connectivity index (χ0) is 17.0. The third kappa shape index (κ3) is 4.64. The molecule has 0 unspecified atom stereocenters. The minimum Gasteiger partial charge on any atom is -0.480 e. The molecule has 1 saturated heterocycles. The number of rotatable bonds is 9. The van der Waals surface area contributed by atoms with Crippen LogP contribution < -0.4 is 10.5 Å². The van der Waals surface area contributed by atoms with Gasteiger partial charge in [0.25, 0.3) is 10.2 Å². The number of hydrogen-bond donors (Lipinski definition) is 5. The van der Waals surface area contributed by atoms with Crippen molar-refractivity contribution < 1.29 is 28.4 Å². The van der Waals surface area contributed by atoms with Crippen LogP contribution >= 0.6 is 0 Å². The fourth-order valence-electron chi connectivity index (χ4n) is 2.54. The normalized spacial score (nSPS) is 26.3. The molecule has 0 radical (unpaired) electrons. The Morgan fingerprint density at radius 1 is 1.50 bits per heavy atom. The lowest BCUT2D eigenvalue weighted by Crippen LogP contribution is -2.55. The smallest absolute Gasteiger partial charge is 0.451 e. The van der Waals surface area contributed by atoms with Gasteiger partial charge in [0.05, 0.1) is 0 Å². The highest BCUT2D eigenvalue weighted by Crippen LogP contribution is 2.31. The monoisotopic (exact) mass is 337 g/mol. The number of aliphatic carboxylic acids is 1. The van der Waals surface area contributed by atoms with Gasteiger partial charge in [-0.05, 0) is 19.2 Å². The molecule has 11 heteroatoms. The SMILES string of the molecule is CCCNS(=O)(=O)N1C[C@H](CCCB(O)O)[C@](N)(C(=O)O)C1. The van der Waals surface area contributed by atoms with E-state index in [2.05, 4.69) is 4.72 Å². The second-order valence-corrected chi connectivity index (χ2v) is 7.40. The van der Waals surface area contributed by atoms with Crippen LogP contribution in [0, 0.1) is 5.92 Å². The molecule has 0 amide bonds. The van der Waals surface area contributed by atoms with Crippen LogP contribution in [-0.2, 0) is 15.0 Å². The first-order chi connectivity index (χ1) is 10.1. The van der Waals surface area contributed by atoms with Crippen molar-refractivity contribution in [3.63, 3.8) is 0 Å². The van der Waals surface area contributed by atoms with E-state index in [4.69, 9.17) is 15.8 Å². The first-order valence-corrected chi connectivity index (χ1v) is 8.70. The summed E-state index contributed by atoms with van der Waals surface area (Å²) in [6.07, 6.45) is 1.37. The molecule has 9 nitrogen and oxygen atoms in total. The maximum atomic E-state index is 12.1. The standard InChI is InChI=1S/C11H24BN3O6S/c1-2-6-14-22(20,21)15-7-9(4-3-5-12(18)19)11(13,8-15)10(16)17/h9,14,18-19H,2-8,13H2,1H3,(H,16,17)/t9-,11-/m0/s1. The Hall–Kier alpha value is -0.715. The molecule has 1 heterocycles. The molecule has 1 aliphatic heterocycles. The van der Waals surface area contributed by atoms with Crippen LogP contribution in [0.4, 0.5) is 0 Å². The number of hydrogen-bond acceptors (Lipinski definition) is 6. The molecule has 0 aromatic rings. The van der Waals surface area contributed by atoms with Crippen LogP contribution in [-0.4, -0.2) is 66.1 Å². The molecular formula is C11H24BN3O6S. The number of nitrogens with zero attached hydrogens (tertiary/aromatic N) is 1. The van der Waals surface area contributed by atoms with Crippen LogP contribution in [0.5, 0.6) is 0 Å². The van der Waals surface area contributed by atoms with Crippen molar-refractivity contribution >= 4 is 23.3 Å². The Bertz CT molecular complexity index is 488. The van der Waals surface area contributed by atoms with Crippen LogP contribution in [0.15, 0.2) is 0 Å². The number of carboxylic acid groups (broad SMARTS) is 1. The lowest BCUT2D eigenvalue weighted by molar-refractivity contribution is -0.144. The van der Waals surface area contributed by atoms with Crippen LogP contribution in [0.25, 0.3) is 0 Å². The van der Waals surface area contributed by atoms with Crippen molar-refractivity contribution in [2.45, 2.75) is 38.0 Å². The molecule has 128 valence electrons. The fourth-order valence-corrected chi connectivity index (χ4v) is 3.94. The molecule has 0 aliphatic carbocycles. The Labute approximate surface area is 130 Å². The van der Waals surface area contributed by atoms with Crippen molar-refractivity contribution in [1.29, 1.82) is 0 Å². The highest BCUT2D eigenvalue weighted by atomic mass is 32.2. The number of nitrogens with two attached hydrogens (primary N) is 1. The third-order valence-electron chi connectivity index (χ3n) is 3.88. The van der Waals surface area contributed by atoms with Crippen LogP contribution in [0.1, 0.15) is 26.2 Å². The van der Waals surface area contributed by atoms with Gasteiger partial charge in [-0.15, -0.1) is 0 Å². The van der Waals surface area contributed by atoms with Gasteiger partial charge in [0.15, 0.2) is 0 Å². The maximum absolute atomic E-state index is 12.1. The second kappa shape index (κ2) is 7.71. The zero-order valence-corrected chi connectivity index (χ0v) is 13.4. The number of carbonyl (C=O) groups is 1.